The maximum atomic E-state index is 14.4. The van der Waals surface area contributed by atoms with Crippen LogP contribution in [0.1, 0.15) is 15.9 Å². The molecule has 1 aromatic heterocycles. The molecule has 0 saturated carbocycles. The predicted octanol–water partition coefficient (Wildman–Crippen LogP) is 3.56. The SMILES string of the molecule is Nc1ncc(Br)nc1-c1ccc(C(=O)NCc2ccccc2)c(F)c1. The molecule has 0 fully saturated rings. The Morgan fingerprint density at radius 3 is 2.68 bits per heavy atom. The molecule has 1 heterocycles. The molecule has 2 aromatic carbocycles. The lowest BCUT2D eigenvalue weighted by Crippen LogP contribution is -2.23. The number of amides is 1. The van der Waals surface area contributed by atoms with E-state index in [1.165, 1.54) is 18.3 Å². The van der Waals surface area contributed by atoms with Gasteiger partial charge in [0, 0.05) is 12.1 Å². The largest absolute Gasteiger partial charge is 0.382 e. The Kier molecular flexibility index (Phi) is 5.04. The summed E-state index contributed by atoms with van der Waals surface area (Å²) >= 11 is 3.21. The number of nitrogens with one attached hydrogen (secondary N) is 1. The minimum absolute atomic E-state index is 0.0405. The van der Waals surface area contributed by atoms with Crippen LogP contribution in [0.15, 0.2) is 59.3 Å². The zero-order valence-corrected chi connectivity index (χ0v) is 14.6. The summed E-state index contributed by atoms with van der Waals surface area (Å²) in [4.78, 5) is 20.4. The van der Waals surface area contributed by atoms with Crippen LogP contribution >= 0.6 is 15.9 Å². The van der Waals surface area contributed by atoms with E-state index in [9.17, 15) is 9.18 Å². The van der Waals surface area contributed by atoms with Crippen molar-refractivity contribution in [2.24, 2.45) is 0 Å². The van der Waals surface area contributed by atoms with Crippen LogP contribution in [0.3, 0.4) is 0 Å². The standard InChI is InChI=1S/C18H14BrFN4O/c19-15-10-22-17(21)16(24-15)12-6-7-13(14(20)8-12)18(25)23-9-11-4-2-1-3-5-11/h1-8,10H,9H2,(H2,21,22)(H,23,25). The van der Waals surface area contributed by atoms with Crippen molar-refractivity contribution in [2.45, 2.75) is 6.54 Å². The van der Waals surface area contributed by atoms with Crippen molar-refractivity contribution in [3.63, 3.8) is 0 Å². The second-order valence-electron chi connectivity index (χ2n) is 5.29. The second-order valence-corrected chi connectivity index (χ2v) is 6.10. The molecule has 3 aromatic rings. The summed E-state index contributed by atoms with van der Waals surface area (Å²) in [5.41, 5.74) is 7.48. The van der Waals surface area contributed by atoms with E-state index in [0.29, 0.717) is 22.4 Å². The molecule has 0 spiro atoms. The van der Waals surface area contributed by atoms with Crippen molar-refractivity contribution in [3.8, 4) is 11.3 Å². The van der Waals surface area contributed by atoms with Gasteiger partial charge in [0.15, 0.2) is 0 Å². The monoisotopic (exact) mass is 400 g/mol. The van der Waals surface area contributed by atoms with Crippen molar-refractivity contribution in [1.29, 1.82) is 0 Å². The summed E-state index contributed by atoms with van der Waals surface area (Å²) in [5.74, 6) is -0.950. The van der Waals surface area contributed by atoms with E-state index in [1.807, 2.05) is 30.3 Å². The summed E-state index contributed by atoms with van der Waals surface area (Å²) in [6.07, 6.45) is 1.46. The minimum atomic E-state index is -0.649. The van der Waals surface area contributed by atoms with E-state index < -0.39 is 11.7 Å². The molecule has 5 nitrogen and oxygen atoms in total. The van der Waals surface area contributed by atoms with Crippen molar-refractivity contribution >= 4 is 27.7 Å². The molecule has 0 unspecified atom stereocenters. The van der Waals surface area contributed by atoms with Crippen LogP contribution in [0.2, 0.25) is 0 Å². The van der Waals surface area contributed by atoms with E-state index in [0.717, 1.165) is 5.56 Å². The Hall–Kier alpha value is -2.80. The van der Waals surface area contributed by atoms with Crippen molar-refractivity contribution < 1.29 is 9.18 Å². The average Bonchev–Trinajstić information content (AvgIpc) is 2.62. The van der Waals surface area contributed by atoms with Gasteiger partial charge >= 0.3 is 0 Å². The fourth-order valence-electron chi connectivity index (χ4n) is 2.31. The normalized spacial score (nSPS) is 10.5. The van der Waals surface area contributed by atoms with Crippen molar-refractivity contribution in [3.05, 3.63) is 76.3 Å². The zero-order valence-electron chi connectivity index (χ0n) is 13.0. The second kappa shape index (κ2) is 7.40. The lowest BCUT2D eigenvalue weighted by Gasteiger charge is -2.09. The first kappa shape index (κ1) is 17.0. The third-order valence-corrected chi connectivity index (χ3v) is 3.94. The van der Waals surface area contributed by atoms with E-state index >= 15 is 0 Å². The van der Waals surface area contributed by atoms with Crippen LogP contribution in [0, 0.1) is 5.82 Å². The van der Waals surface area contributed by atoms with Gasteiger partial charge in [-0.05, 0) is 33.6 Å². The number of hydrogen-bond acceptors (Lipinski definition) is 4. The molecule has 0 aliphatic carbocycles. The maximum absolute atomic E-state index is 14.4. The molecule has 0 saturated heterocycles. The van der Waals surface area contributed by atoms with Gasteiger partial charge in [0.25, 0.3) is 5.91 Å². The van der Waals surface area contributed by atoms with Gasteiger partial charge in [-0.25, -0.2) is 14.4 Å². The number of carbonyl (C=O) groups is 1. The molecule has 0 radical (unpaired) electrons. The lowest BCUT2D eigenvalue weighted by atomic mass is 10.1. The summed E-state index contributed by atoms with van der Waals surface area (Å²) in [7, 11) is 0. The van der Waals surface area contributed by atoms with Crippen molar-refractivity contribution in [2.75, 3.05) is 5.73 Å². The van der Waals surface area contributed by atoms with Gasteiger partial charge in [-0.3, -0.25) is 4.79 Å². The zero-order chi connectivity index (χ0) is 17.8. The summed E-state index contributed by atoms with van der Waals surface area (Å²) in [5, 5.41) is 2.70. The van der Waals surface area contributed by atoms with Gasteiger partial charge in [-0.2, -0.15) is 0 Å². The maximum Gasteiger partial charge on any atom is 0.254 e. The van der Waals surface area contributed by atoms with Crippen LogP contribution in [-0.2, 0) is 6.54 Å². The van der Waals surface area contributed by atoms with E-state index in [1.54, 1.807) is 6.07 Å². The third kappa shape index (κ3) is 4.00. The Balaban J connectivity index is 1.80. The minimum Gasteiger partial charge on any atom is -0.382 e. The number of benzene rings is 2. The molecule has 0 aliphatic heterocycles. The quantitative estimate of drug-likeness (QED) is 0.701. The van der Waals surface area contributed by atoms with Gasteiger partial charge in [0.05, 0.1) is 11.8 Å². The topological polar surface area (TPSA) is 80.9 Å². The first-order chi connectivity index (χ1) is 12.0. The van der Waals surface area contributed by atoms with E-state index in [2.05, 4.69) is 31.2 Å². The highest BCUT2D eigenvalue weighted by Gasteiger charge is 2.15. The average molecular weight is 401 g/mol. The smallest absolute Gasteiger partial charge is 0.254 e. The Morgan fingerprint density at radius 2 is 1.96 bits per heavy atom. The van der Waals surface area contributed by atoms with Crippen LogP contribution in [0.25, 0.3) is 11.3 Å². The number of halogens is 2. The fourth-order valence-corrected chi connectivity index (χ4v) is 2.59. The number of rotatable bonds is 4. The van der Waals surface area contributed by atoms with E-state index in [-0.39, 0.29) is 11.4 Å². The molecule has 1 amide bonds. The first-order valence-electron chi connectivity index (χ1n) is 7.44. The van der Waals surface area contributed by atoms with Gasteiger partial charge in [-0.1, -0.05) is 36.4 Å². The molecule has 7 heteroatoms. The Labute approximate surface area is 152 Å². The number of hydrogen-bond donors (Lipinski definition) is 2. The van der Waals surface area contributed by atoms with Crippen molar-refractivity contribution in [1.82, 2.24) is 15.3 Å². The summed E-state index contributed by atoms with van der Waals surface area (Å²) in [6.45, 7) is 0.324. The van der Waals surface area contributed by atoms with Crippen LogP contribution < -0.4 is 11.1 Å². The van der Waals surface area contributed by atoms with Crippen LogP contribution in [0.5, 0.6) is 0 Å². The fraction of sp³-hybridized carbons (Fsp3) is 0.0556. The molecule has 0 atom stereocenters. The Bertz CT molecular complexity index is 918. The summed E-state index contributed by atoms with van der Waals surface area (Å²) in [6, 6.07) is 13.6. The molecular formula is C18H14BrFN4O. The first-order valence-corrected chi connectivity index (χ1v) is 8.24. The molecule has 126 valence electrons. The summed E-state index contributed by atoms with van der Waals surface area (Å²) < 4.78 is 14.9. The van der Waals surface area contributed by atoms with Gasteiger partial charge in [0.2, 0.25) is 0 Å². The number of carbonyl (C=O) groups excluding carboxylic acids is 1. The molecule has 0 bridgehead atoms. The molecule has 0 aliphatic rings. The van der Waals surface area contributed by atoms with Gasteiger partial charge in [0.1, 0.15) is 21.9 Å². The highest BCUT2D eigenvalue weighted by Crippen LogP contribution is 2.25. The molecule has 3 rings (SSSR count). The highest BCUT2D eigenvalue weighted by atomic mass is 79.9. The lowest BCUT2D eigenvalue weighted by molar-refractivity contribution is 0.0947. The number of anilines is 1. The van der Waals surface area contributed by atoms with Gasteiger partial charge in [-0.15, -0.1) is 0 Å². The van der Waals surface area contributed by atoms with Crippen LogP contribution in [-0.4, -0.2) is 15.9 Å². The van der Waals surface area contributed by atoms with Gasteiger partial charge < -0.3 is 11.1 Å². The Morgan fingerprint density at radius 1 is 1.20 bits per heavy atom. The number of nitrogens with zero attached hydrogens (tertiary/aromatic N) is 2. The highest BCUT2D eigenvalue weighted by molar-refractivity contribution is 9.10. The molecular weight excluding hydrogens is 387 g/mol. The predicted molar refractivity (Wildman–Crippen MR) is 97.2 cm³/mol. The number of aromatic nitrogens is 2. The van der Waals surface area contributed by atoms with Crippen LogP contribution in [0.4, 0.5) is 10.2 Å². The van der Waals surface area contributed by atoms with E-state index in [4.69, 9.17) is 5.73 Å². The molecule has 25 heavy (non-hydrogen) atoms. The number of nitrogens with two attached hydrogens (primary N) is 1. The third-order valence-electron chi connectivity index (χ3n) is 3.55. The molecule has 3 N–H and O–H groups in total. The number of nitrogen functional groups attached to an aromatic ring is 1.